The van der Waals surface area contributed by atoms with Crippen LogP contribution in [0.4, 0.5) is 5.69 Å². The lowest BCUT2D eigenvalue weighted by Crippen LogP contribution is -2.52. The summed E-state index contributed by atoms with van der Waals surface area (Å²) in [7, 11) is -3.74. The quantitative estimate of drug-likeness (QED) is 0.455. The van der Waals surface area contributed by atoms with Gasteiger partial charge in [0.25, 0.3) is 0 Å². The molecule has 0 radical (unpaired) electrons. The molecule has 0 bridgehead atoms. The molecule has 0 aliphatic carbocycles. The zero-order valence-corrected chi connectivity index (χ0v) is 22.8. The van der Waals surface area contributed by atoms with Gasteiger partial charge < -0.3 is 10.2 Å². The van der Waals surface area contributed by atoms with Crippen molar-refractivity contribution in [3.05, 3.63) is 64.1 Å². The number of anilines is 1. The molecule has 186 valence electrons. The van der Waals surface area contributed by atoms with Crippen LogP contribution in [0, 0.1) is 12.8 Å². The zero-order chi connectivity index (χ0) is 25.5. The summed E-state index contributed by atoms with van der Waals surface area (Å²) in [6.45, 7) is 8.10. The Hall–Kier alpha value is -2.39. The highest BCUT2D eigenvalue weighted by molar-refractivity contribution is 9.10. The number of carbonyl (C=O) groups excluding carboxylic acids is 2. The van der Waals surface area contributed by atoms with Crippen LogP contribution in [0.3, 0.4) is 0 Å². The molecular formula is C25H34BrN3O4S. The standard InChI is InChI=1S/C25H34BrN3O4S/c1-6-23(25(31)27-15-18(2)3)28(16-20-9-7-8-19(4)14-20)24(30)17-29(34(5,32)33)22-12-10-21(26)11-13-22/h7-14,18,23H,6,15-17H2,1-5H3,(H,27,31)/t23-/m0/s1. The number of halogens is 1. The molecular weight excluding hydrogens is 518 g/mol. The van der Waals surface area contributed by atoms with Gasteiger partial charge in [-0.15, -0.1) is 0 Å². The van der Waals surface area contributed by atoms with Gasteiger partial charge in [0, 0.05) is 17.6 Å². The molecule has 0 aliphatic heterocycles. The van der Waals surface area contributed by atoms with Gasteiger partial charge in [-0.1, -0.05) is 66.5 Å². The summed E-state index contributed by atoms with van der Waals surface area (Å²) < 4.78 is 27.1. The third-order valence-electron chi connectivity index (χ3n) is 5.30. The minimum atomic E-state index is -3.74. The predicted molar refractivity (Wildman–Crippen MR) is 140 cm³/mol. The number of nitrogens with one attached hydrogen (secondary N) is 1. The smallest absolute Gasteiger partial charge is 0.244 e. The predicted octanol–water partition coefficient (Wildman–Crippen LogP) is 4.10. The number of carbonyl (C=O) groups is 2. The van der Waals surface area contributed by atoms with E-state index in [1.54, 1.807) is 24.3 Å². The van der Waals surface area contributed by atoms with Crippen LogP contribution in [0.1, 0.15) is 38.3 Å². The molecule has 0 saturated heterocycles. The molecule has 0 aliphatic rings. The second kappa shape index (κ2) is 12.4. The fourth-order valence-electron chi connectivity index (χ4n) is 3.57. The maximum atomic E-state index is 13.6. The van der Waals surface area contributed by atoms with Crippen molar-refractivity contribution < 1.29 is 18.0 Å². The molecule has 2 aromatic carbocycles. The third-order valence-corrected chi connectivity index (χ3v) is 6.97. The number of nitrogens with zero attached hydrogens (tertiary/aromatic N) is 2. The van der Waals surface area contributed by atoms with Crippen LogP contribution < -0.4 is 9.62 Å². The average Bonchev–Trinajstić information content (AvgIpc) is 2.75. The molecule has 0 heterocycles. The van der Waals surface area contributed by atoms with E-state index >= 15 is 0 Å². The Kier molecular flexibility index (Phi) is 10.1. The minimum Gasteiger partial charge on any atom is -0.354 e. The van der Waals surface area contributed by atoms with Crippen LogP contribution in [0.15, 0.2) is 53.0 Å². The summed E-state index contributed by atoms with van der Waals surface area (Å²) in [4.78, 5) is 28.1. The molecule has 9 heteroatoms. The van der Waals surface area contributed by atoms with Crippen molar-refractivity contribution in [1.29, 1.82) is 0 Å². The summed E-state index contributed by atoms with van der Waals surface area (Å²) in [5.41, 5.74) is 2.29. The summed E-state index contributed by atoms with van der Waals surface area (Å²) in [6, 6.07) is 13.7. The van der Waals surface area contributed by atoms with Crippen molar-refractivity contribution in [3.63, 3.8) is 0 Å². The van der Waals surface area contributed by atoms with Gasteiger partial charge in [-0.3, -0.25) is 13.9 Å². The van der Waals surface area contributed by atoms with Crippen LogP contribution in [-0.2, 0) is 26.2 Å². The van der Waals surface area contributed by atoms with E-state index in [1.165, 1.54) is 4.90 Å². The first kappa shape index (κ1) is 27.9. The van der Waals surface area contributed by atoms with Crippen LogP contribution >= 0.6 is 15.9 Å². The highest BCUT2D eigenvalue weighted by Crippen LogP contribution is 2.22. The van der Waals surface area contributed by atoms with E-state index in [0.29, 0.717) is 18.7 Å². The number of hydrogen-bond donors (Lipinski definition) is 1. The molecule has 0 saturated carbocycles. The topological polar surface area (TPSA) is 86.8 Å². The van der Waals surface area contributed by atoms with Crippen molar-refractivity contribution in [3.8, 4) is 0 Å². The fourth-order valence-corrected chi connectivity index (χ4v) is 4.68. The van der Waals surface area contributed by atoms with Gasteiger partial charge in [-0.2, -0.15) is 0 Å². The van der Waals surface area contributed by atoms with Gasteiger partial charge >= 0.3 is 0 Å². The third kappa shape index (κ3) is 8.13. The molecule has 2 rings (SSSR count). The Balaban J connectivity index is 2.41. The van der Waals surface area contributed by atoms with Crippen molar-refractivity contribution in [1.82, 2.24) is 10.2 Å². The molecule has 0 spiro atoms. The van der Waals surface area contributed by atoms with Crippen molar-refractivity contribution in [2.24, 2.45) is 5.92 Å². The first-order valence-corrected chi connectivity index (χ1v) is 13.9. The van der Waals surface area contributed by atoms with E-state index in [1.807, 2.05) is 52.0 Å². The lowest BCUT2D eigenvalue weighted by molar-refractivity contribution is -0.140. The molecule has 0 aromatic heterocycles. The van der Waals surface area contributed by atoms with Crippen molar-refractivity contribution in [2.75, 3.05) is 23.7 Å². The van der Waals surface area contributed by atoms with E-state index in [2.05, 4.69) is 21.2 Å². The number of aryl methyl sites for hydroxylation is 1. The van der Waals surface area contributed by atoms with E-state index < -0.39 is 28.5 Å². The van der Waals surface area contributed by atoms with Crippen LogP contribution in [0.5, 0.6) is 0 Å². The second-order valence-electron chi connectivity index (χ2n) is 8.82. The lowest BCUT2D eigenvalue weighted by atomic mass is 10.1. The Bertz CT molecular complexity index is 1090. The maximum absolute atomic E-state index is 13.6. The molecule has 0 unspecified atom stereocenters. The number of hydrogen-bond acceptors (Lipinski definition) is 4. The Morgan fingerprint density at radius 2 is 1.74 bits per heavy atom. The molecule has 1 N–H and O–H groups in total. The van der Waals surface area contributed by atoms with Gasteiger partial charge in [0.2, 0.25) is 21.8 Å². The van der Waals surface area contributed by atoms with Gasteiger partial charge in [0.15, 0.2) is 0 Å². The van der Waals surface area contributed by atoms with E-state index in [0.717, 1.165) is 26.2 Å². The Morgan fingerprint density at radius 1 is 1.09 bits per heavy atom. The lowest BCUT2D eigenvalue weighted by Gasteiger charge is -2.33. The number of rotatable bonds is 11. The van der Waals surface area contributed by atoms with Gasteiger partial charge in [-0.05, 0) is 49.1 Å². The summed E-state index contributed by atoms with van der Waals surface area (Å²) in [5, 5.41) is 2.92. The SMILES string of the molecule is CC[C@@H](C(=O)NCC(C)C)N(Cc1cccc(C)c1)C(=O)CN(c1ccc(Br)cc1)S(C)(=O)=O. The summed E-state index contributed by atoms with van der Waals surface area (Å²) in [6.07, 6.45) is 1.47. The molecule has 1 atom stereocenters. The molecule has 2 amide bonds. The van der Waals surface area contributed by atoms with Gasteiger partial charge in [0.1, 0.15) is 12.6 Å². The van der Waals surface area contributed by atoms with E-state index in [4.69, 9.17) is 0 Å². The van der Waals surface area contributed by atoms with E-state index in [-0.39, 0.29) is 18.4 Å². The van der Waals surface area contributed by atoms with Crippen molar-refractivity contribution in [2.45, 2.75) is 46.7 Å². The normalized spacial score (nSPS) is 12.3. The molecule has 0 fully saturated rings. The van der Waals surface area contributed by atoms with E-state index in [9.17, 15) is 18.0 Å². The Labute approximate surface area is 211 Å². The largest absolute Gasteiger partial charge is 0.354 e. The van der Waals surface area contributed by atoms with Crippen LogP contribution in [0.25, 0.3) is 0 Å². The first-order chi connectivity index (χ1) is 15.9. The minimum absolute atomic E-state index is 0.200. The monoisotopic (exact) mass is 551 g/mol. The number of sulfonamides is 1. The van der Waals surface area contributed by atoms with Gasteiger partial charge in [0.05, 0.1) is 11.9 Å². The Morgan fingerprint density at radius 3 is 2.26 bits per heavy atom. The average molecular weight is 553 g/mol. The summed E-state index contributed by atoms with van der Waals surface area (Å²) in [5.74, 6) is -0.423. The number of amides is 2. The second-order valence-corrected chi connectivity index (χ2v) is 11.6. The van der Waals surface area contributed by atoms with Crippen molar-refractivity contribution >= 4 is 43.5 Å². The van der Waals surface area contributed by atoms with Crippen LogP contribution in [0.2, 0.25) is 0 Å². The van der Waals surface area contributed by atoms with Gasteiger partial charge in [-0.25, -0.2) is 8.42 Å². The number of benzene rings is 2. The zero-order valence-electron chi connectivity index (χ0n) is 20.4. The highest BCUT2D eigenvalue weighted by atomic mass is 79.9. The highest BCUT2D eigenvalue weighted by Gasteiger charge is 2.31. The maximum Gasteiger partial charge on any atom is 0.244 e. The van der Waals surface area contributed by atoms with Crippen LogP contribution in [-0.4, -0.2) is 50.5 Å². The first-order valence-electron chi connectivity index (χ1n) is 11.3. The fraction of sp³-hybridized carbons (Fsp3) is 0.440. The molecule has 34 heavy (non-hydrogen) atoms. The molecule has 2 aromatic rings. The summed E-state index contributed by atoms with van der Waals surface area (Å²) >= 11 is 3.34. The molecule has 7 nitrogen and oxygen atoms in total.